The normalized spacial score (nSPS) is 13.5. The Morgan fingerprint density at radius 3 is 2.25 bits per heavy atom. The van der Waals surface area contributed by atoms with Gasteiger partial charge in [-0.15, -0.1) is 0 Å². The molecule has 2 atom stereocenters. The molecule has 0 fully saturated rings. The van der Waals surface area contributed by atoms with E-state index in [0.717, 1.165) is 0 Å². The van der Waals surface area contributed by atoms with E-state index in [4.69, 9.17) is 5.73 Å². The zero-order valence-electron chi connectivity index (χ0n) is 9.57. The summed E-state index contributed by atoms with van der Waals surface area (Å²) in [7, 11) is 0. The average molecular weight is 231 g/mol. The van der Waals surface area contributed by atoms with Gasteiger partial charge in [0.25, 0.3) is 0 Å². The smallest absolute Gasteiger partial charge is 0.304 e. The van der Waals surface area contributed by atoms with Crippen LogP contribution in [0.3, 0.4) is 0 Å². The van der Waals surface area contributed by atoms with Gasteiger partial charge in [0.15, 0.2) is 6.73 Å². The van der Waals surface area contributed by atoms with Crippen LogP contribution in [-0.4, -0.2) is 36.6 Å². The third-order valence-electron chi connectivity index (χ3n) is 1.69. The van der Waals surface area contributed by atoms with Crippen LogP contribution in [0.2, 0.25) is 0 Å². The molecule has 16 heavy (non-hydrogen) atoms. The Bertz CT molecular complexity index is 278. The van der Waals surface area contributed by atoms with Crippen molar-refractivity contribution in [1.29, 1.82) is 0 Å². The van der Waals surface area contributed by atoms with Gasteiger partial charge in [-0.3, -0.25) is 14.4 Å². The number of nitrogens with one attached hydrogen (secondary N) is 2. The molecule has 4 N–H and O–H groups in total. The van der Waals surface area contributed by atoms with Crippen molar-refractivity contribution in [2.24, 2.45) is 5.73 Å². The molecule has 0 unspecified atom stereocenters. The lowest BCUT2D eigenvalue weighted by Gasteiger charge is -2.15. The molecule has 0 bridgehead atoms. The Morgan fingerprint density at radius 1 is 1.25 bits per heavy atom. The molecule has 0 heterocycles. The monoisotopic (exact) mass is 231 g/mol. The lowest BCUT2D eigenvalue weighted by Crippen LogP contribution is -2.49. The van der Waals surface area contributed by atoms with Crippen molar-refractivity contribution >= 4 is 17.8 Å². The lowest BCUT2D eigenvalue weighted by atomic mass is 10.2. The number of esters is 1. The summed E-state index contributed by atoms with van der Waals surface area (Å²) in [5.41, 5.74) is 5.31. The van der Waals surface area contributed by atoms with Crippen molar-refractivity contribution in [2.45, 2.75) is 32.9 Å². The highest BCUT2D eigenvalue weighted by Crippen LogP contribution is 1.85. The first-order chi connectivity index (χ1) is 7.34. The van der Waals surface area contributed by atoms with Crippen LogP contribution in [0.15, 0.2) is 0 Å². The van der Waals surface area contributed by atoms with Crippen LogP contribution in [0.4, 0.5) is 0 Å². The summed E-state index contributed by atoms with van der Waals surface area (Å²) >= 11 is 0. The van der Waals surface area contributed by atoms with Crippen LogP contribution in [0.25, 0.3) is 0 Å². The van der Waals surface area contributed by atoms with Gasteiger partial charge < -0.3 is 21.1 Å². The van der Waals surface area contributed by atoms with Gasteiger partial charge in [-0.05, 0) is 13.8 Å². The molecule has 7 nitrogen and oxygen atoms in total. The maximum atomic E-state index is 11.3. The third-order valence-corrected chi connectivity index (χ3v) is 1.69. The highest BCUT2D eigenvalue weighted by molar-refractivity contribution is 5.89. The number of hydrogen-bond acceptors (Lipinski definition) is 5. The molecule has 0 aliphatic carbocycles. The fraction of sp³-hybridized carbons (Fsp3) is 0.667. The summed E-state index contributed by atoms with van der Waals surface area (Å²) in [4.78, 5) is 32.9. The van der Waals surface area contributed by atoms with Gasteiger partial charge in [-0.25, -0.2) is 0 Å². The fourth-order valence-corrected chi connectivity index (χ4v) is 0.772. The van der Waals surface area contributed by atoms with E-state index in [2.05, 4.69) is 15.4 Å². The molecule has 0 radical (unpaired) electrons. The first-order valence-corrected chi connectivity index (χ1v) is 4.81. The number of carbonyl (C=O) groups is 3. The molecule has 7 heteroatoms. The quantitative estimate of drug-likeness (QED) is 0.393. The Labute approximate surface area is 93.7 Å². The number of nitrogens with two attached hydrogens (primary N) is 1. The number of amides is 2. The van der Waals surface area contributed by atoms with Crippen molar-refractivity contribution in [1.82, 2.24) is 10.6 Å². The minimum absolute atomic E-state index is 0.216. The second kappa shape index (κ2) is 6.78. The first kappa shape index (κ1) is 14.4. The average Bonchev–Trinajstić information content (AvgIpc) is 2.16. The van der Waals surface area contributed by atoms with Crippen molar-refractivity contribution in [3.05, 3.63) is 0 Å². The number of carbonyl (C=O) groups excluding carboxylic acids is 3. The summed E-state index contributed by atoms with van der Waals surface area (Å²) in [6.07, 6.45) is 0. The van der Waals surface area contributed by atoms with E-state index in [0.29, 0.717) is 0 Å². The van der Waals surface area contributed by atoms with Crippen LogP contribution >= 0.6 is 0 Å². The highest BCUT2D eigenvalue weighted by atomic mass is 16.5. The maximum Gasteiger partial charge on any atom is 0.304 e. The molecule has 0 saturated heterocycles. The Hall–Kier alpha value is -1.63. The summed E-state index contributed by atoms with van der Waals surface area (Å²) < 4.78 is 4.51. The third kappa shape index (κ3) is 5.97. The largest absolute Gasteiger partial charge is 0.445 e. The molecule has 0 aromatic heterocycles. The van der Waals surface area contributed by atoms with Gasteiger partial charge in [0.1, 0.15) is 6.04 Å². The van der Waals surface area contributed by atoms with Crippen LogP contribution < -0.4 is 16.4 Å². The van der Waals surface area contributed by atoms with Crippen LogP contribution in [-0.2, 0) is 19.1 Å². The summed E-state index contributed by atoms with van der Waals surface area (Å²) in [5.74, 6) is -1.36. The predicted octanol–water partition coefficient (Wildman–Crippen LogP) is -1.52. The van der Waals surface area contributed by atoms with Gasteiger partial charge >= 0.3 is 5.97 Å². The topological polar surface area (TPSA) is 111 Å². The van der Waals surface area contributed by atoms with Crippen LogP contribution in [0.1, 0.15) is 20.8 Å². The number of hydrogen-bond donors (Lipinski definition) is 3. The number of ether oxygens (including phenoxy) is 1. The van der Waals surface area contributed by atoms with E-state index in [-0.39, 0.29) is 6.73 Å². The zero-order chi connectivity index (χ0) is 12.7. The lowest BCUT2D eigenvalue weighted by molar-refractivity contribution is -0.143. The molecule has 0 aromatic carbocycles. The van der Waals surface area contributed by atoms with Gasteiger partial charge in [0, 0.05) is 6.92 Å². The van der Waals surface area contributed by atoms with Gasteiger partial charge in [0.2, 0.25) is 11.8 Å². The molecule has 0 spiro atoms. The fourth-order valence-electron chi connectivity index (χ4n) is 0.772. The van der Waals surface area contributed by atoms with Gasteiger partial charge in [-0.2, -0.15) is 0 Å². The van der Waals surface area contributed by atoms with E-state index in [9.17, 15) is 14.4 Å². The van der Waals surface area contributed by atoms with Gasteiger partial charge in [0.05, 0.1) is 6.04 Å². The summed E-state index contributed by atoms with van der Waals surface area (Å²) in [6, 6.07) is -1.40. The van der Waals surface area contributed by atoms with Crippen molar-refractivity contribution in [3.8, 4) is 0 Å². The second-order valence-electron chi connectivity index (χ2n) is 3.34. The minimum atomic E-state index is -0.728. The standard InChI is InChI=1S/C9H17N3O4/c1-5(10)8(14)12-6(2)9(15)11-4-16-7(3)13/h5-6H,4,10H2,1-3H3,(H,11,15)(H,12,14)/t5-,6-/m0/s1. The molecule has 2 amide bonds. The van der Waals surface area contributed by atoms with Crippen LogP contribution in [0, 0.1) is 0 Å². The predicted molar refractivity (Wildman–Crippen MR) is 56.0 cm³/mol. The van der Waals surface area contributed by atoms with Gasteiger partial charge in [-0.1, -0.05) is 0 Å². The molecule has 0 rings (SSSR count). The Morgan fingerprint density at radius 2 is 1.81 bits per heavy atom. The van der Waals surface area contributed by atoms with Crippen molar-refractivity contribution in [2.75, 3.05) is 6.73 Å². The van der Waals surface area contributed by atoms with E-state index in [1.54, 1.807) is 0 Å². The van der Waals surface area contributed by atoms with E-state index in [1.807, 2.05) is 0 Å². The molecule has 92 valence electrons. The summed E-state index contributed by atoms with van der Waals surface area (Å²) in [6.45, 7) is 4.03. The van der Waals surface area contributed by atoms with E-state index < -0.39 is 29.9 Å². The van der Waals surface area contributed by atoms with Crippen molar-refractivity contribution < 1.29 is 19.1 Å². The highest BCUT2D eigenvalue weighted by Gasteiger charge is 2.17. The van der Waals surface area contributed by atoms with E-state index >= 15 is 0 Å². The van der Waals surface area contributed by atoms with E-state index in [1.165, 1.54) is 20.8 Å². The molecular formula is C9H17N3O4. The minimum Gasteiger partial charge on any atom is -0.445 e. The number of rotatable bonds is 5. The second-order valence-corrected chi connectivity index (χ2v) is 3.34. The Balaban J connectivity index is 3.90. The zero-order valence-corrected chi connectivity index (χ0v) is 9.57. The molecular weight excluding hydrogens is 214 g/mol. The maximum absolute atomic E-state index is 11.3. The van der Waals surface area contributed by atoms with Crippen LogP contribution in [0.5, 0.6) is 0 Å². The SMILES string of the molecule is CC(=O)OCNC(=O)[C@H](C)NC(=O)[C@H](C)N. The molecule has 0 aliphatic rings. The molecule has 0 aliphatic heterocycles. The molecule has 0 saturated carbocycles. The molecule has 0 aromatic rings. The summed E-state index contributed by atoms with van der Waals surface area (Å²) in [5, 5.41) is 4.72. The first-order valence-electron chi connectivity index (χ1n) is 4.81. The Kier molecular flexibility index (Phi) is 6.09. The van der Waals surface area contributed by atoms with Crippen molar-refractivity contribution in [3.63, 3.8) is 0 Å².